The predicted molar refractivity (Wildman–Crippen MR) is 109 cm³/mol. The first-order valence-corrected chi connectivity index (χ1v) is 9.77. The number of imidazole rings is 1. The van der Waals surface area contributed by atoms with Crippen LogP contribution in [0, 0.1) is 11.6 Å². The number of halogens is 2. The number of rotatable bonds is 8. The summed E-state index contributed by atoms with van der Waals surface area (Å²) in [6.07, 6.45) is 3.39. The largest absolute Gasteiger partial charge is 0.497 e. The minimum absolute atomic E-state index is 0.0411. The number of carbonyl (C=O) groups is 2. The Labute approximate surface area is 175 Å². The first-order chi connectivity index (χ1) is 14.5. The number of anilines is 1. The Morgan fingerprint density at radius 2 is 1.97 bits per heavy atom. The Bertz CT molecular complexity index is 1060. The number of carbonyl (C=O) groups excluding carboxylic acids is 2. The molecule has 3 aromatic rings. The molecule has 0 aliphatic carbocycles. The number of methoxy groups -OCH3 is 1. The fourth-order valence-electron chi connectivity index (χ4n) is 2.49. The van der Waals surface area contributed by atoms with Gasteiger partial charge in [-0.25, -0.2) is 13.8 Å². The van der Waals surface area contributed by atoms with Crippen LogP contribution in [0.2, 0.25) is 0 Å². The molecular formula is C20H18F2N4O3S. The van der Waals surface area contributed by atoms with Crippen LogP contribution in [-0.2, 0) is 9.59 Å². The van der Waals surface area contributed by atoms with Crippen molar-refractivity contribution in [2.75, 3.05) is 24.7 Å². The molecule has 10 heteroatoms. The number of hydrogen-bond donors (Lipinski definition) is 2. The van der Waals surface area contributed by atoms with Crippen molar-refractivity contribution in [3.63, 3.8) is 0 Å². The zero-order valence-corrected chi connectivity index (χ0v) is 16.7. The molecule has 0 atom stereocenters. The number of benzene rings is 2. The summed E-state index contributed by atoms with van der Waals surface area (Å²) in [6, 6.07) is 10.4. The minimum atomic E-state index is -1.07. The summed E-state index contributed by atoms with van der Waals surface area (Å²) in [6.45, 7) is -0.303. The van der Waals surface area contributed by atoms with Gasteiger partial charge in [-0.15, -0.1) is 0 Å². The van der Waals surface area contributed by atoms with Crippen LogP contribution in [0.4, 0.5) is 14.5 Å². The van der Waals surface area contributed by atoms with E-state index in [4.69, 9.17) is 4.74 Å². The summed E-state index contributed by atoms with van der Waals surface area (Å²) >= 11 is 1.21. The third-order valence-corrected chi connectivity index (χ3v) is 4.89. The lowest BCUT2D eigenvalue weighted by atomic mass is 10.3. The Morgan fingerprint density at radius 1 is 1.13 bits per heavy atom. The van der Waals surface area contributed by atoms with Gasteiger partial charge in [0.15, 0.2) is 16.8 Å². The van der Waals surface area contributed by atoms with Crippen LogP contribution in [0.5, 0.6) is 5.75 Å². The molecule has 0 radical (unpaired) electrons. The van der Waals surface area contributed by atoms with Gasteiger partial charge in [0.1, 0.15) is 5.75 Å². The number of nitrogens with one attached hydrogen (secondary N) is 2. The molecule has 0 aliphatic heterocycles. The van der Waals surface area contributed by atoms with Gasteiger partial charge in [0, 0.05) is 30.2 Å². The van der Waals surface area contributed by atoms with Crippen molar-refractivity contribution >= 4 is 29.3 Å². The van der Waals surface area contributed by atoms with Gasteiger partial charge in [-0.05, 0) is 24.3 Å². The zero-order valence-electron chi connectivity index (χ0n) is 15.9. The van der Waals surface area contributed by atoms with E-state index in [1.54, 1.807) is 19.5 Å². The summed E-state index contributed by atoms with van der Waals surface area (Å²) < 4.78 is 33.1. The highest BCUT2D eigenvalue weighted by Crippen LogP contribution is 2.23. The normalized spacial score (nSPS) is 10.5. The number of nitrogens with zero attached hydrogens (tertiary/aromatic N) is 2. The Kier molecular flexibility index (Phi) is 7.02. The molecular weight excluding hydrogens is 414 g/mol. The maximum atomic E-state index is 13.2. The lowest BCUT2D eigenvalue weighted by Crippen LogP contribution is -2.34. The summed E-state index contributed by atoms with van der Waals surface area (Å²) in [4.78, 5) is 28.2. The fourth-order valence-corrected chi connectivity index (χ4v) is 3.30. The number of hydrogen-bond acceptors (Lipinski definition) is 5. The van der Waals surface area contributed by atoms with E-state index in [1.165, 1.54) is 17.8 Å². The van der Waals surface area contributed by atoms with Gasteiger partial charge in [0.05, 0.1) is 25.1 Å². The van der Waals surface area contributed by atoms with E-state index in [-0.39, 0.29) is 23.9 Å². The molecule has 0 spiro atoms. The van der Waals surface area contributed by atoms with Crippen LogP contribution < -0.4 is 15.4 Å². The second kappa shape index (κ2) is 9.88. The van der Waals surface area contributed by atoms with E-state index in [9.17, 15) is 18.4 Å². The molecule has 0 bridgehead atoms. The number of aromatic nitrogens is 2. The molecule has 2 N–H and O–H groups in total. The SMILES string of the molecule is COc1cccc(-n2ccnc2SCC(=O)NCC(=O)Nc2ccc(F)c(F)c2)c1. The van der Waals surface area contributed by atoms with Gasteiger partial charge in [0.25, 0.3) is 0 Å². The average molecular weight is 432 g/mol. The lowest BCUT2D eigenvalue weighted by Gasteiger charge is -2.09. The Balaban J connectivity index is 1.50. The maximum absolute atomic E-state index is 13.2. The maximum Gasteiger partial charge on any atom is 0.243 e. The first kappa shape index (κ1) is 21.3. The van der Waals surface area contributed by atoms with Gasteiger partial charge in [-0.3, -0.25) is 14.2 Å². The highest BCUT2D eigenvalue weighted by Gasteiger charge is 2.11. The average Bonchev–Trinajstić information content (AvgIpc) is 3.22. The van der Waals surface area contributed by atoms with Crippen LogP contribution in [0.3, 0.4) is 0 Å². The van der Waals surface area contributed by atoms with Crippen molar-refractivity contribution in [2.45, 2.75) is 5.16 Å². The summed E-state index contributed by atoms with van der Waals surface area (Å²) in [5.41, 5.74) is 0.934. The van der Waals surface area contributed by atoms with E-state index in [2.05, 4.69) is 15.6 Å². The molecule has 1 heterocycles. The van der Waals surface area contributed by atoms with E-state index < -0.39 is 17.5 Å². The van der Waals surface area contributed by atoms with Crippen LogP contribution in [0.1, 0.15) is 0 Å². The van der Waals surface area contributed by atoms with E-state index in [0.29, 0.717) is 10.9 Å². The van der Waals surface area contributed by atoms with Crippen LogP contribution >= 0.6 is 11.8 Å². The first-order valence-electron chi connectivity index (χ1n) is 8.78. The van der Waals surface area contributed by atoms with Gasteiger partial charge >= 0.3 is 0 Å². The molecule has 2 amide bonds. The minimum Gasteiger partial charge on any atom is -0.497 e. The molecule has 3 rings (SSSR count). The Morgan fingerprint density at radius 3 is 2.73 bits per heavy atom. The molecule has 156 valence electrons. The molecule has 0 unspecified atom stereocenters. The topological polar surface area (TPSA) is 85.2 Å². The third-order valence-electron chi connectivity index (χ3n) is 3.92. The number of thioether (sulfide) groups is 1. The van der Waals surface area contributed by atoms with Gasteiger partial charge in [0.2, 0.25) is 11.8 Å². The van der Waals surface area contributed by atoms with Crippen molar-refractivity contribution in [3.8, 4) is 11.4 Å². The molecule has 7 nitrogen and oxygen atoms in total. The van der Waals surface area contributed by atoms with E-state index >= 15 is 0 Å². The Hall–Kier alpha value is -3.40. The molecule has 0 saturated carbocycles. The van der Waals surface area contributed by atoms with Crippen LogP contribution in [-0.4, -0.2) is 40.8 Å². The van der Waals surface area contributed by atoms with Crippen molar-refractivity contribution in [1.82, 2.24) is 14.9 Å². The number of amides is 2. The third kappa shape index (κ3) is 5.57. The van der Waals surface area contributed by atoms with Crippen molar-refractivity contribution in [1.29, 1.82) is 0 Å². The quantitative estimate of drug-likeness (QED) is 0.535. The summed E-state index contributed by atoms with van der Waals surface area (Å²) in [7, 11) is 1.58. The number of ether oxygens (including phenoxy) is 1. The van der Waals surface area contributed by atoms with Gasteiger partial charge in [-0.2, -0.15) is 0 Å². The molecule has 2 aromatic carbocycles. The highest BCUT2D eigenvalue weighted by atomic mass is 32.2. The van der Waals surface area contributed by atoms with Crippen LogP contribution in [0.15, 0.2) is 60.0 Å². The lowest BCUT2D eigenvalue weighted by molar-refractivity contribution is -0.122. The standard InChI is InChI=1S/C20H18F2N4O3S/c1-29-15-4-2-3-14(10-15)26-8-7-23-20(26)30-12-19(28)24-11-18(27)25-13-5-6-16(21)17(22)9-13/h2-10H,11-12H2,1H3,(H,24,28)(H,25,27). The monoisotopic (exact) mass is 432 g/mol. The second-order valence-electron chi connectivity index (χ2n) is 6.02. The zero-order chi connectivity index (χ0) is 21.5. The predicted octanol–water partition coefficient (Wildman–Crippen LogP) is 3.01. The molecule has 0 aliphatic rings. The molecule has 0 saturated heterocycles. The smallest absolute Gasteiger partial charge is 0.243 e. The van der Waals surface area contributed by atoms with Crippen LogP contribution in [0.25, 0.3) is 5.69 Å². The highest BCUT2D eigenvalue weighted by molar-refractivity contribution is 7.99. The van der Waals surface area contributed by atoms with E-state index in [1.807, 2.05) is 28.8 Å². The van der Waals surface area contributed by atoms with E-state index in [0.717, 1.165) is 17.8 Å². The molecule has 1 aromatic heterocycles. The molecule has 0 fully saturated rings. The van der Waals surface area contributed by atoms with Crippen molar-refractivity contribution < 1.29 is 23.1 Å². The fraction of sp³-hybridized carbons (Fsp3) is 0.150. The van der Waals surface area contributed by atoms with Gasteiger partial charge in [-0.1, -0.05) is 17.8 Å². The van der Waals surface area contributed by atoms with Gasteiger partial charge < -0.3 is 15.4 Å². The summed E-state index contributed by atoms with van der Waals surface area (Å²) in [5, 5.41) is 5.45. The molecule has 30 heavy (non-hydrogen) atoms. The summed E-state index contributed by atoms with van der Waals surface area (Å²) in [5.74, 6) is -2.27. The van der Waals surface area contributed by atoms with Crippen molar-refractivity contribution in [3.05, 3.63) is 66.5 Å². The van der Waals surface area contributed by atoms with Crippen molar-refractivity contribution in [2.24, 2.45) is 0 Å². The second-order valence-corrected chi connectivity index (χ2v) is 6.97.